The van der Waals surface area contributed by atoms with Gasteiger partial charge in [-0.05, 0) is 30.9 Å². The Morgan fingerprint density at radius 2 is 2.28 bits per heavy atom. The van der Waals surface area contributed by atoms with Crippen molar-refractivity contribution >= 4 is 11.5 Å². The van der Waals surface area contributed by atoms with Crippen molar-refractivity contribution in [3.8, 4) is 0 Å². The summed E-state index contributed by atoms with van der Waals surface area (Å²) in [6.07, 6.45) is 5.96. The Labute approximate surface area is 107 Å². The maximum atomic E-state index is 9.57. The summed E-state index contributed by atoms with van der Waals surface area (Å²) in [5, 5.41) is 9.57. The van der Waals surface area contributed by atoms with Crippen LogP contribution in [0.3, 0.4) is 0 Å². The number of rotatable bonds is 4. The van der Waals surface area contributed by atoms with E-state index in [1.807, 2.05) is 28.8 Å². The Hall–Kier alpha value is -1.55. The number of imidazole rings is 1. The van der Waals surface area contributed by atoms with Crippen molar-refractivity contribution in [3.63, 3.8) is 0 Å². The minimum atomic E-state index is 0.0233. The maximum Gasteiger partial charge on any atom is 0.153 e. The second-order valence-corrected chi connectivity index (χ2v) is 5.15. The zero-order valence-corrected chi connectivity index (χ0v) is 10.7. The number of aliphatic hydroxyl groups excluding tert-OH is 1. The van der Waals surface area contributed by atoms with Crippen LogP contribution in [-0.4, -0.2) is 28.1 Å². The van der Waals surface area contributed by atoms with E-state index in [1.54, 1.807) is 0 Å². The van der Waals surface area contributed by atoms with Crippen LogP contribution in [0.4, 0.5) is 5.82 Å². The van der Waals surface area contributed by atoms with Crippen molar-refractivity contribution in [3.05, 3.63) is 30.1 Å². The van der Waals surface area contributed by atoms with Gasteiger partial charge in [-0.2, -0.15) is 0 Å². The summed E-state index contributed by atoms with van der Waals surface area (Å²) in [4.78, 5) is 6.81. The highest BCUT2D eigenvalue weighted by atomic mass is 16.3. The molecular weight excluding hydrogens is 226 g/mol. The van der Waals surface area contributed by atoms with Crippen molar-refractivity contribution in [2.24, 2.45) is 5.92 Å². The Morgan fingerprint density at radius 1 is 1.44 bits per heavy atom. The van der Waals surface area contributed by atoms with Gasteiger partial charge in [-0.25, -0.2) is 4.98 Å². The smallest absolute Gasteiger partial charge is 0.153 e. The average Bonchev–Trinajstić information content (AvgIpc) is 2.72. The summed E-state index contributed by atoms with van der Waals surface area (Å²) in [7, 11) is 2.07. The summed E-state index contributed by atoms with van der Waals surface area (Å²) in [5.74, 6) is 1.71. The number of hydrogen-bond acceptors (Lipinski definition) is 3. The lowest BCUT2D eigenvalue weighted by Crippen LogP contribution is -2.30. The van der Waals surface area contributed by atoms with Crippen LogP contribution in [0, 0.1) is 5.92 Å². The van der Waals surface area contributed by atoms with Crippen LogP contribution in [0.15, 0.2) is 24.4 Å². The first-order chi connectivity index (χ1) is 8.79. The zero-order valence-electron chi connectivity index (χ0n) is 10.7. The molecule has 1 N–H and O–H groups in total. The summed E-state index contributed by atoms with van der Waals surface area (Å²) in [6.45, 7) is 1.06. The number of anilines is 1. The lowest BCUT2D eigenvalue weighted by molar-refractivity contribution is 0.275. The van der Waals surface area contributed by atoms with Gasteiger partial charge in [0.1, 0.15) is 5.65 Å². The van der Waals surface area contributed by atoms with Crippen molar-refractivity contribution in [2.75, 3.05) is 18.5 Å². The van der Waals surface area contributed by atoms with Crippen molar-refractivity contribution in [1.82, 2.24) is 9.38 Å². The van der Waals surface area contributed by atoms with Gasteiger partial charge in [-0.3, -0.25) is 4.40 Å². The van der Waals surface area contributed by atoms with Gasteiger partial charge in [0, 0.05) is 19.8 Å². The molecule has 0 amide bonds. The highest BCUT2D eigenvalue weighted by Crippen LogP contribution is 2.29. The first-order valence-corrected chi connectivity index (χ1v) is 6.57. The van der Waals surface area contributed by atoms with Gasteiger partial charge in [-0.15, -0.1) is 0 Å². The van der Waals surface area contributed by atoms with Gasteiger partial charge in [0.05, 0.1) is 12.3 Å². The Bertz CT molecular complexity index is 545. The number of hydrogen-bond donors (Lipinski definition) is 1. The number of pyridine rings is 1. The van der Waals surface area contributed by atoms with Gasteiger partial charge in [0.2, 0.25) is 0 Å². The Morgan fingerprint density at radius 3 is 2.94 bits per heavy atom. The number of fused-ring (bicyclic) bond motifs is 1. The molecule has 4 heteroatoms. The fourth-order valence-electron chi connectivity index (χ4n) is 2.64. The van der Waals surface area contributed by atoms with E-state index in [1.165, 1.54) is 19.3 Å². The first kappa shape index (κ1) is 11.5. The molecule has 0 aromatic carbocycles. The van der Waals surface area contributed by atoms with Crippen molar-refractivity contribution in [1.29, 1.82) is 0 Å². The highest BCUT2D eigenvalue weighted by Gasteiger charge is 2.22. The lowest BCUT2D eigenvalue weighted by atomic mass is 9.85. The van der Waals surface area contributed by atoms with Crippen molar-refractivity contribution in [2.45, 2.75) is 25.9 Å². The third-order valence-corrected chi connectivity index (χ3v) is 3.88. The van der Waals surface area contributed by atoms with Gasteiger partial charge >= 0.3 is 0 Å². The molecule has 0 unspecified atom stereocenters. The van der Waals surface area contributed by atoms with Crippen LogP contribution in [0.2, 0.25) is 0 Å². The van der Waals surface area contributed by atoms with Gasteiger partial charge in [0.25, 0.3) is 0 Å². The van der Waals surface area contributed by atoms with E-state index in [9.17, 15) is 5.11 Å². The third kappa shape index (κ3) is 1.86. The number of aliphatic hydroxyl groups is 1. The summed E-state index contributed by atoms with van der Waals surface area (Å²) in [5.41, 5.74) is 1.78. The zero-order chi connectivity index (χ0) is 12.5. The van der Waals surface area contributed by atoms with Crippen LogP contribution in [0.1, 0.15) is 25.0 Å². The molecule has 1 saturated carbocycles. The molecule has 0 saturated heterocycles. The van der Waals surface area contributed by atoms with Crippen LogP contribution in [0.25, 0.3) is 5.65 Å². The van der Waals surface area contributed by atoms with Crippen LogP contribution < -0.4 is 4.90 Å². The van der Waals surface area contributed by atoms with Crippen LogP contribution in [-0.2, 0) is 6.61 Å². The highest BCUT2D eigenvalue weighted by molar-refractivity contribution is 5.55. The van der Waals surface area contributed by atoms with Crippen LogP contribution in [0.5, 0.6) is 0 Å². The molecule has 3 rings (SSSR count). The molecular formula is C14H19N3O. The van der Waals surface area contributed by atoms with Gasteiger partial charge in [-0.1, -0.05) is 12.5 Å². The van der Waals surface area contributed by atoms with E-state index in [0.717, 1.165) is 29.6 Å². The molecule has 0 aliphatic heterocycles. The van der Waals surface area contributed by atoms with Gasteiger partial charge < -0.3 is 10.0 Å². The SMILES string of the molecule is CN(CC1CCC1)c1nc2ccccn2c1CO. The molecule has 0 atom stereocenters. The molecule has 1 aliphatic rings. The second-order valence-electron chi connectivity index (χ2n) is 5.15. The molecule has 2 aromatic rings. The fraction of sp³-hybridized carbons (Fsp3) is 0.500. The monoisotopic (exact) mass is 245 g/mol. The molecule has 18 heavy (non-hydrogen) atoms. The third-order valence-electron chi connectivity index (χ3n) is 3.88. The molecule has 1 aliphatic carbocycles. The molecule has 2 heterocycles. The minimum Gasteiger partial charge on any atom is -0.390 e. The summed E-state index contributed by atoms with van der Waals surface area (Å²) in [6, 6.07) is 5.91. The molecule has 4 nitrogen and oxygen atoms in total. The lowest BCUT2D eigenvalue weighted by Gasteiger charge is -2.30. The first-order valence-electron chi connectivity index (χ1n) is 6.57. The summed E-state index contributed by atoms with van der Waals surface area (Å²) < 4.78 is 1.96. The average molecular weight is 245 g/mol. The standard InChI is InChI=1S/C14H19N3O/c1-16(9-11-5-4-6-11)14-12(10-18)17-8-3-2-7-13(17)15-14/h2-3,7-8,11,18H,4-6,9-10H2,1H3. The fourth-order valence-corrected chi connectivity index (χ4v) is 2.64. The second kappa shape index (κ2) is 4.61. The van der Waals surface area contributed by atoms with E-state index in [0.29, 0.717) is 0 Å². The molecule has 1 fully saturated rings. The van der Waals surface area contributed by atoms with E-state index in [-0.39, 0.29) is 6.61 Å². The molecule has 0 radical (unpaired) electrons. The molecule has 0 bridgehead atoms. The van der Waals surface area contributed by atoms with Crippen molar-refractivity contribution < 1.29 is 5.11 Å². The van der Waals surface area contributed by atoms with E-state index >= 15 is 0 Å². The number of aromatic nitrogens is 2. The Kier molecular flexibility index (Phi) is 2.96. The topological polar surface area (TPSA) is 40.8 Å². The summed E-state index contributed by atoms with van der Waals surface area (Å²) >= 11 is 0. The molecule has 96 valence electrons. The minimum absolute atomic E-state index is 0.0233. The predicted molar refractivity (Wildman–Crippen MR) is 71.7 cm³/mol. The normalized spacial score (nSPS) is 15.9. The largest absolute Gasteiger partial charge is 0.390 e. The van der Waals surface area contributed by atoms with E-state index < -0.39 is 0 Å². The molecule has 0 spiro atoms. The van der Waals surface area contributed by atoms with E-state index in [4.69, 9.17) is 0 Å². The van der Waals surface area contributed by atoms with Crippen LogP contribution >= 0.6 is 0 Å². The number of nitrogens with zero attached hydrogens (tertiary/aromatic N) is 3. The maximum absolute atomic E-state index is 9.57. The van der Waals surface area contributed by atoms with Gasteiger partial charge in [0.15, 0.2) is 5.82 Å². The Balaban J connectivity index is 1.94. The van der Waals surface area contributed by atoms with E-state index in [2.05, 4.69) is 16.9 Å². The quantitative estimate of drug-likeness (QED) is 0.896. The molecule has 2 aromatic heterocycles. The predicted octanol–water partition coefficient (Wildman–Crippen LogP) is 2.06.